The molecule has 0 spiro atoms. The lowest BCUT2D eigenvalue weighted by Crippen LogP contribution is -2.25. The Labute approximate surface area is 201 Å². The minimum Gasteiger partial charge on any atom is -0.492 e. The standard InChI is InChI=1S/C26H32N2O5S/c1-5-21(30)7-6-8-24-19(3)28(34(31,32)23-12-9-18(2)10-13-23)26-14-11-22(17-25(24)26)33-16-15-27-20(4)29/h9-14,17H,5-8,15-16H2,1-4H3,(H,27,29). The molecule has 182 valence electrons. The Hall–Kier alpha value is -3.13. The third-order valence-corrected chi connectivity index (χ3v) is 7.65. The number of hydrogen-bond donors (Lipinski definition) is 1. The summed E-state index contributed by atoms with van der Waals surface area (Å²) in [6.07, 6.45) is 2.18. The molecule has 0 saturated carbocycles. The van der Waals surface area contributed by atoms with Crippen LogP contribution < -0.4 is 10.1 Å². The second-order valence-electron chi connectivity index (χ2n) is 8.40. The van der Waals surface area contributed by atoms with Crippen molar-refractivity contribution < 1.29 is 22.7 Å². The van der Waals surface area contributed by atoms with Crippen LogP contribution >= 0.6 is 0 Å². The van der Waals surface area contributed by atoms with E-state index in [-0.39, 0.29) is 16.6 Å². The number of Topliss-reactive ketones (excluding diaryl/α,β-unsaturated/α-hetero) is 1. The topological polar surface area (TPSA) is 94.5 Å². The molecule has 1 heterocycles. The number of rotatable bonds is 11. The molecule has 7 nitrogen and oxygen atoms in total. The highest BCUT2D eigenvalue weighted by atomic mass is 32.2. The first-order chi connectivity index (χ1) is 16.1. The first kappa shape index (κ1) is 25.5. The molecule has 0 fully saturated rings. The summed E-state index contributed by atoms with van der Waals surface area (Å²) in [5.41, 5.74) is 3.08. The van der Waals surface area contributed by atoms with Crippen LogP contribution in [-0.2, 0) is 26.0 Å². The summed E-state index contributed by atoms with van der Waals surface area (Å²) in [5, 5.41) is 3.47. The summed E-state index contributed by atoms with van der Waals surface area (Å²) in [6.45, 7) is 7.68. The van der Waals surface area contributed by atoms with Crippen LogP contribution in [0.25, 0.3) is 10.9 Å². The van der Waals surface area contributed by atoms with Gasteiger partial charge in [-0.3, -0.25) is 9.59 Å². The average Bonchev–Trinajstić information content (AvgIpc) is 3.08. The molecular formula is C26H32N2O5S. The first-order valence-electron chi connectivity index (χ1n) is 11.5. The first-order valence-corrected chi connectivity index (χ1v) is 12.9. The lowest BCUT2D eigenvalue weighted by atomic mass is 10.0. The Bertz CT molecular complexity index is 1290. The molecule has 0 aliphatic rings. The van der Waals surface area contributed by atoms with Crippen LogP contribution in [0.3, 0.4) is 0 Å². The van der Waals surface area contributed by atoms with Gasteiger partial charge in [0.05, 0.1) is 17.0 Å². The molecule has 0 radical (unpaired) electrons. The van der Waals surface area contributed by atoms with Crippen molar-refractivity contribution in [1.29, 1.82) is 0 Å². The molecule has 1 aromatic heterocycles. The summed E-state index contributed by atoms with van der Waals surface area (Å²) in [7, 11) is -3.82. The van der Waals surface area contributed by atoms with Crippen LogP contribution in [0.4, 0.5) is 0 Å². The summed E-state index contributed by atoms with van der Waals surface area (Å²) in [4.78, 5) is 23.1. The van der Waals surface area contributed by atoms with E-state index in [9.17, 15) is 18.0 Å². The van der Waals surface area contributed by atoms with Crippen LogP contribution in [-0.4, -0.2) is 37.2 Å². The molecular weight excluding hydrogens is 452 g/mol. The predicted octanol–water partition coefficient (Wildman–Crippen LogP) is 4.31. The van der Waals surface area contributed by atoms with E-state index in [4.69, 9.17) is 4.74 Å². The number of fused-ring (bicyclic) bond motifs is 1. The fourth-order valence-electron chi connectivity index (χ4n) is 4.00. The fraction of sp³-hybridized carbons (Fsp3) is 0.385. The number of nitrogens with zero attached hydrogens (tertiary/aromatic N) is 1. The number of aromatic nitrogens is 1. The maximum Gasteiger partial charge on any atom is 0.268 e. The maximum absolute atomic E-state index is 13.6. The highest BCUT2D eigenvalue weighted by Gasteiger charge is 2.25. The SMILES string of the molecule is CCC(=O)CCCc1c(C)n(S(=O)(=O)c2ccc(C)cc2)c2ccc(OCCNC(C)=O)cc12. The van der Waals surface area contributed by atoms with Gasteiger partial charge in [0.1, 0.15) is 18.1 Å². The summed E-state index contributed by atoms with van der Waals surface area (Å²) in [6, 6.07) is 12.1. The summed E-state index contributed by atoms with van der Waals surface area (Å²) < 4.78 is 34.4. The Morgan fingerprint density at radius 1 is 1.06 bits per heavy atom. The van der Waals surface area contributed by atoms with Gasteiger partial charge in [-0.25, -0.2) is 12.4 Å². The van der Waals surface area contributed by atoms with Crippen molar-refractivity contribution in [2.45, 2.75) is 58.3 Å². The van der Waals surface area contributed by atoms with Crippen LogP contribution in [0.2, 0.25) is 0 Å². The number of amides is 1. The Balaban J connectivity index is 2.04. The number of hydrogen-bond acceptors (Lipinski definition) is 5. The molecule has 0 unspecified atom stereocenters. The smallest absolute Gasteiger partial charge is 0.268 e. The number of carbonyl (C=O) groups excluding carboxylic acids is 2. The minimum absolute atomic E-state index is 0.128. The molecule has 3 rings (SSSR count). The zero-order valence-electron chi connectivity index (χ0n) is 20.2. The molecule has 2 aromatic carbocycles. The third kappa shape index (κ3) is 5.67. The van der Waals surface area contributed by atoms with E-state index in [0.29, 0.717) is 55.8 Å². The normalized spacial score (nSPS) is 11.5. The van der Waals surface area contributed by atoms with Gasteiger partial charge in [0, 0.05) is 30.8 Å². The zero-order valence-corrected chi connectivity index (χ0v) is 21.0. The van der Waals surface area contributed by atoms with Gasteiger partial charge in [0.15, 0.2) is 0 Å². The molecule has 0 aliphatic heterocycles. The largest absolute Gasteiger partial charge is 0.492 e. The number of aryl methyl sites for hydroxylation is 2. The molecule has 1 N–H and O–H groups in total. The van der Waals surface area contributed by atoms with E-state index in [2.05, 4.69) is 5.32 Å². The number of ketones is 1. The van der Waals surface area contributed by atoms with Crippen molar-refractivity contribution in [3.05, 3.63) is 59.3 Å². The molecule has 8 heteroatoms. The Morgan fingerprint density at radius 2 is 1.76 bits per heavy atom. The predicted molar refractivity (Wildman–Crippen MR) is 133 cm³/mol. The number of nitrogens with one attached hydrogen (secondary N) is 1. The fourth-order valence-corrected chi connectivity index (χ4v) is 5.58. The van der Waals surface area contributed by atoms with Gasteiger partial charge in [0.2, 0.25) is 5.91 Å². The van der Waals surface area contributed by atoms with Crippen molar-refractivity contribution in [1.82, 2.24) is 9.29 Å². The zero-order chi connectivity index (χ0) is 24.9. The lowest BCUT2D eigenvalue weighted by Gasteiger charge is -2.11. The molecule has 0 saturated heterocycles. The van der Waals surface area contributed by atoms with Gasteiger partial charge in [-0.1, -0.05) is 24.6 Å². The Kier molecular flexibility index (Phi) is 8.15. The second kappa shape index (κ2) is 10.9. The lowest BCUT2D eigenvalue weighted by molar-refractivity contribution is -0.119. The average molecular weight is 485 g/mol. The van der Waals surface area contributed by atoms with Crippen molar-refractivity contribution >= 4 is 32.6 Å². The summed E-state index contributed by atoms with van der Waals surface area (Å²) in [5.74, 6) is 0.654. The van der Waals surface area contributed by atoms with Crippen LogP contribution in [0.15, 0.2) is 47.4 Å². The highest BCUT2D eigenvalue weighted by molar-refractivity contribution is 7.90. The van der Waals surface area contributed by atoms with Gasteiger partial charge in [0.25, 0.3) is 10.0 Å². The van der Waals surface area contributed by atoms with Crippen LogP contribution in [0, 0.1) is 13.8 Å². The van der Waals surface area contributed by atoms with Crippen molar-refractivity contribution in [3.8, 4) is 5.75 Å². The van der Waals surface area contributed by atoms with E-state index in [0.717, 1.165) is 16.5 Å². The molecule has 0 aliphatic carbocycles. The van der Waals surface area contributed by atoms with Crippen molar-refractivity contribution in [2.24, 2.45) is 0 Å². The van der Waals surface area contributed by atoms with Gasteiger partial charge in [-0.2, -0.15) is 0 Å². The summed E-state index contributed by atoms with van der Waals surface area (Å²) >= 11 is 0. The minimum atomic E-state index is -3.82. The van der Waals surface area contributed by atoms with Crippen molar-refractivity contribution in [3.63, 3.8) is 0 Å². The monoisotopic (exact) mass is 484 g/mol. The molecule has 0 atom stereocenters. The van der Waals surface area contributed by atoms with Gasteiger partial charge in [-0.05, 0) is 62.6 Å². The van der Waals surface area contributed by atoms with Gasteiger partial charge >= 0.3 is 0 Å². The van der Waals surface area contributed by atoms with E-state index >= 15 is 0 Å². The van der Waals surface area contributed by atoms with Gasteiger partial charge in [-0.15, -0.1) is 0 Å². The number of carbonyl (C=O) groups is 2. The van der Waals surface area contributed by atoms with E-state index in [1.165, 1.54) is 10.9 Å². The Morgan fingerprint density at radius 3 is 2.41 bits per heavy atom. The second-order valence-corrected chi connectivity index (χ2v) is 10.2. The molecule has 1 amide bonds. The van der Waals surface area contributed by atoms with E-state index < -0.39 is 10.0 Å². The van der Waals surface area contributed by atoms with E-state index in [1.807, 2.05) is 19.9 Å². The van der Waals surface area contributed by atoms with Crippen LogP contribution in [0.5, 0.6) is 5.75 Å². The number of ether oxygens (including phenoxy) is 1. The maximum atomic E-state index is 13.6. The van der Waals surface area contributed by atoms with Crippen LogP contribution in [0.1, 0.15) is 49.9 Å². The van der Waals surface area contributed by atoms with E-state index in [1.54, 1.807) is 43.3 Å². The van der Waals surface area contributed by atoms with Gasteiger partial charge < -0.3 is 10.1 Å². The molecule has 3 aromatic rings. The molecule has 0 bridgehead atoms. The highest BCUT2D eigenvalue weighted by Crippen LogP contribution is 2.33. The number of benzene rings is 2. The third-order valence-electron chi connectivity index (χ3n) is 5.83. The molecule has 34 heavy (non-hydrogen) atoms. The quantitative estimate of drug-likeness (QED) is 0.409. The van der Waals surface area contributed by atoms with Crippen molar-refractivity contribution in [2.75, 3.05) is 13.2 Å².